The molecule has 0 N–H and O–H groups in total. The molecular weight excluding hydrogens is 410 g/mol. The minimum Gasteiger partial charge on any atom is -0.311 e. The van der Waals surface area contributed by atoms with Crippen LogP contribution in [0.4, 0.5) is 0 Å². The Morgan fingerprint density at radius 2 is 1.87 bits per heavy atom. The van der Waals surface area contributed by atoms with Crippen LogP contribution in [0, 0.1) is 11.3 Å². The van der Waals surface area contributed by atoms with E-state index in [0.29, 0.717) is 4.47 Å². The van der Waals surface area contributed by atoms with Gasteiger partial charge < -0.3 is 13.9 Å². The predicted molar refractivity (Wildman–Crippen MR) is 90.7 cm³/mol. The van der Waals surface area contributed by atoms with Crippen molar-refractivity contribution in [3.63, 3.8) is 0 Å². The Balaban J connectivity index is 0.00000484. The molecular formula is C13H15BrClN2O5P. The largest absolute Gasteiger partial charge is 0.393 e. The maximum atomic E-state index is 12.4. The number of rotatable bonds is 7. The van der Waals surface area contributed by atoms with Crippen molar-refractivity contribution in [2.45, 2.75) is 13.8 Å². The van der Waals surface area contributed by atoms with Gasteiger partial charge in [-0.05, 0) is 41.9 Å². The van der Waals surface area contributed by atoms with Gasteiger partial charge >= 0.3 is 13.6 Å². The summed E-state index contributed by atoms with van der Waals surface area (Å²) in [6.07, 6.45) is 0. The third-order valence-corrected chi connectivity index (χ3v) is 4.85. The Morgan fingerprint density at radius 1 is 1.30 bits per heavy atom. The molecule has 1 aromatic carbocycles. The van der Waals surface area contributed by atoms with Crippen LogP contribution in [-0.4, -0.2) is 24.6 Å². The maximum Gasteiger partial charge on any atom is 0.393 e. The summed E-state index contributed by atoms with van der Waals surface area (Å²) in [4.78, 5) is 16.6. The van der Waals surface area contributed by atoms with Gasteiger partial charge in [-0.3, -0.25) is 4.57 Å². The zero-order valence-electron chi connectivity index (χ0n) is 12.4. The zero-order valence-corrected chi connectivity index (χ0v) is 15.7. The summed E-state index contributed by atoms with van der Waals surface area (Å²) in [5, 5.41) is 12.4. The molecule has 0 aliphatic heterocycles. The highest BCUT2D eigenvalue weighted by Gasteiger charge is 2.33. The number of nitrogens with zero attached hydrogens (tertiary/aromatic N) is 2. The Labute approximate surface area is 148 Å². The number of oxime groups is 1. The van der Waals surface area contributed by atoms with E-state index in [4.69, 9.17) is 14.3 Å². The highest BCUT2D eigenvalue weighted by molar-refractivity contribution is 9.10. The average Bonchev–Trinajstić information content (AvgIpc) is 2.48. The molecule has 0 saturated heterocycles. The fourth-order valence-corrected chi connectivity index (χ4v) is 3.10. The summed E-state index contributed by atoms with van der Waals surface area (Å²) in [7, 11) is -3.89. The number of carbonyl (C=O) groups is 1. The molecule has 0 aliphatic carbocycles. The minimum absolute atomic E-state index is 0. The molecule has 1 rings (SSSR count). The highest BCUT2D eigenvalue weighted by Crippen LogP contribution is 2.49. The molecule has 0 aromatic heterocycles. The smallest absolute Gasteiger partial charge is 0.311 e. The van der Waals surface area contributed by atoms with Crippen molar-refractivity contribution in [3.05, 3.63) is 34.3 Å². The topological polar surface area (TPSA) is 98.0 Å². The molecule has 0 fully saturated rings. The standard InChI is InChI=1S/C13H14BrN2O5P.ClH/c1-3-19-22(18,20-4-2)12(9-15)16-21-13(17)10-7-5-6-8-11(10)14;/h5-8H,3-4H2,1-2H3;1H/b16-12+;. The first kappa shape index (κ1) is 21.8. The molecule has 0 unspecified atom stereocenters. The van der Waals surface area contributed by atoms with Crippen molar-refractivity contribution in [2.75, 3.05) is 13.2 Å². The van der Waals surface area contributed by atoms with Crippen LogP contribution in [0.25, 0.3) is 0 Å². The van der Waals surface area contributed by atoms with Crippen LogP contribution in [0.1, 0.15) is 24.2 Å². The number of benzene rings is 1. The van der Waals surface area contributed by atoms with E-state index < -0.39 is 19.0 Å². The van der Waals surface area contributed by atoms with E-state index in [0.717, 1.165) is 0 Å². The zero-order chi connectivity index (χ0) is 16.6. The molecule has 126 valence electrons. The lowest BCUT2D eigenvalue weighted by atomic mass is 10.2. The molecule has 1 aromatic rings. The summed E-state index contributed by atoms with van der Waals surface area (Å²) in [5.41, 5.74) is -0.400. The molecule has 0 bridgehead atoms. The number of hydrogen-bond acceptors (Lipinski definition) is 7. The first-order chi connectivity index (χ1) is 10.5. The third kappa shape index (κ3) is 6.05. The van der Waals surface area contributed by atoms with Gasteiger partial charge in [0.2, 0.25) is 0 Å². The Hall–Kier alpha value is -1.23. The second-order valence-corrected chi connectivity index (χ2v) is 6.51. The molecule has 10 heteroatoms. The van der Waals surface area contributed by atoms with Gasteiger partial charge in [0.05, 0.1) is 18.8 Å². The van der Waals surface area contributed by atoms with E-state index in [1.165, 1.54) is 6.07 Å². The molecule has 0 amide bonds. The molecule has 0 aliphatic rings. The van der Waals surface area contributed by atoms with Gasteiger partial charge in [0, 0.05) is 4.47 Å². The summed E-state index contributed by atoms with van der Waals surface area (Å²) in [5.74, 6) is -0.806. The van der Waals surface area contributed by atoms with Crippen LogP contribution >= 0.6 is 35.9 Å². The number of nitriles is 1. The highest BCUT2D eigenvalue weighted by atomic mass is 79.9. The lowest BCUT2D eigenvalue weighted by Crippen LogP contribution is -2.08. The number of halogens is 2. The van der Waals surface area contributed by atoms with E-state index >= 15 is 0 Å². The molecule has 23 heavy (non-hydrogen) atoms. The van der Waals surface area contributed by atoms with Crippen LogP contribution in [0.5, 0.6) is 0 Å². The van der Waals surface area contributed by atoms with Gasteiger partial charge in [-0.25, -0.2) is 4.79 Å². The van der Waals surface area contributed by atoms with Crippen LogP contribution < -0.4 is 0 Å². The van der Waals surface area contributed by atoms with Crippen LogP contribution in [0.3, 0.4) is 0 Å². The third-order valence-electron chi connectivity index (χ3n) is 2.27. The van der Waals surface area contributed by atoms with Gasteiger partial charge in [0.1, 0.15) is 6.07 Å². The van der Waals surface area contributed by atoms with Crippen molar-refractivity contribution in [3.8, 4) is 6.07 Å². The SMILES string of the molecule is CCOP(=O)(OCC)/C(C#N)=N/OC(=O)c1ccccc1Br.Cl. The van der Waals surface area contributed by atoms with E-state index in [1.54, 1.807) is 38.1 Å². The van der Waals surface area contributed by atoms with Gasteiger partial charge in [-0.1, -0.05) is 17.3 Å². The lowest BCUT2D eigenvalue weighted by Gasteiger charge is -2.13. The molecule has 7 nitrogen and oxygen atoms in total. The van der Waals surface area contributed by atoms with Crippen molar-refractivity contribution in [1.29, 1.82) is 5.26 Å². The Bertz CT molecular complexity index is 652. The summed E-state index contributed by atoms with van der Waals surface area (Å²) >= 11 is 3.19. The van der Waals surface area contributed by atoms with Crippen molar-refractivity contribution in [1.82, 2.24) is 0 Å². The van der Waals surface area contributed by atoms with Gasteiger partial charge in [0.15, 0.2) is 0 Å². The second-order valence-electron chi connectivity index (χ2n) is 3.72. The Morgan fingerprint density at radius 3 is 2.35 bits per heavy atom. The molecule has 0 atom stereocenters. The molecule has 0 spiro atoms. The molecule has 0 saturated carbocycles. The molecule has 0 heterocycles. The van der Waals surface area contributed by atoms with E-state index in [9.17, 15) is 9.36 Å². The normalized spacial score (nSPS) is 11.3. The first-order valence-electron chi connectivity index (χ1n) is 6.32. The van der Waals surface area contributed by atoms with Gasteiger partial charge in [0.25, 0.3) is 5.45 Å². The van der Waals surface area contributed by atoms with E-state index in [1.807, 2.05) is 0 Å². The van der Waals surface area contributed by atoms with Crippen LogP contribution in [0.15, 0.2) is 33.9 Å². The fraction of sp³-hybridized carbons (Fsp3) is 0.308. The first-order valence-corrected chi connectivity index (χ1v) is 8.65. The lowest BCUT2D eigenvalue weighted by molar-refractivity contribution is 0.0516. The van der Waals surface area contributed by atoms with E-state index in [-0.39, 0.29) is 31.2 Å². The summed E-state index contributed by atoms with van der Waals surface area (Å²) < 4.78 is 22.8. The number of carbonyl (C=O) groups excluding carboxylic acids is 1. The average molecular weight is 426 g/mol. The van der Waals surface area contributed by atoms with Crippen LogP contribution in [-0.2, 0) is 18.5 Å². The fourth-order valence-electron chi connectivity index (χ4n) is 1.39. The van der Waals surface area contributed by atoms with Gasteiger partial charge in [-0.15, -0.1) is 12.4 Å². The van der Waals surface area contributed by atoms with E-state index in [2.05, 4.69) is 25.9 Å². The monoisotopic (exact) mass is 424 g/mol. The maximum absolute atomic E-state index is 12.4. The summed E-state index contributed by atoms with van der Waals surface area (Å²) in [6.45, 7) is 3.29. The number of hydrogen-bond donors (Lipinski definition) is 0. The summed E-state index contributed by atoms with van der Waals surface area (Å²) in [6, 6.07) is 8.11. The van der Waals surface area contributed by atoms with Crippen LogP contribution in [0.2, 0.25) is 0 Å². The van der Waals surface area contributed by atoms with Crippen molar-refractivity contribution >= 4 is 47.4 Å². The minimum atomic E-state index is -3.89. The van der Waals surface area contributed by atoms with Crippen molar-refractivity contribution in [2.24, 2.45) is 5.16 Å². The molecule has 0 radical (unpaired) electrons. The predicted octanol–water partition coefficient (Wildman–Crippen LogP) is 4.13. The quantitative estimate of drug-likeness (QED) is 0.282. The second kappa shape index (κ2) is 10.5. The van der Waals surface area contributed by atoms with Crippen molar-refractivity contribution < 1.29 is 23.2 Å². The Kier molecular flexibility index (Phi) is 9.96. The van der Waals surface area contributed by atoms with Gasteiger partial charge in [-0.2, -0.15) is 5.26 Å².